The maximum Gasteiger partial charge on any atom is 0.134 e. The minimum atomic E-state index is -0.268. The second kappa shape index (κ2) is 3.82. The van der Waals surface area contributed by atoms with Crippen molar-refractivity contribution in [2.75, 3.05) is 6.67 Å². The molecule has 1 nitrogen and oxygen atoms in total. The normalized spacial score (nSPS) is 13.3. The van der Waals surface area contributed by atoms with Crippen LogP contribution in [0.1, 0.15) is 12.5 Å². The van der Waals surface area contributed by atoms with Gasteiger partial charge < -0.3 is 4.42 Å². The highest BCUT2D eigenvalue weighted by Gasteiger charge is 2.04. The van der Waals surface area contributed by atoms with Crippen LogP contribution < -0.4 is 0 Å². The molecule has 14 heavy (non-hydrogen) atoms. The third-order valence-electron chi connectivity index (χ3n) is 2.37. The maximum atomic E-state index is 12.3. The smallest absolute Gasteiger partial charge is 0.134 e. The Morgan fingerprint density at radius 3 is 3.00 bits per heavy atom. The van der Waals surface area contributed by atoms with E-state index in [4.69, 9.17) is 4.42 Å². The third-order valence-corrected chi connectivity index (χ3v) is 2.37. The highest BCUT2D eigenvalue weighted by molar-refractivity contribution is 5.77. The van der Waals surface area contributed by atoms with Crippen LogP contribution in [-0.4, -0.2) is 6.67 Å². The maximum absolute atomic E-state index is 12.3. The van der Waals surface area contributed by atoms with Crippen molar-refractivity contribution in [2.24, 2.45) is 5.92 Å². The molecule has 0 amide bonds. The Morgan fingerprint density at radius 1 is 1.36 bits per heavy atom. The number of rotatable bonds is 3. The van der Waals surface area contributed by atoms with Crippen molar-refractivity contribution >= 4 is 11.0 Å². The molecule has 0 N–H and O–H groups in total. The van der Waals surface area contributed by atoms with E-state index in [9.17, 15) is 4.39 Å². The van der Waals surface area contributed by atoms with E-state index in [-0.39, 0.29) is 12.6 Å². The molecule has 0 bridgehead atoms. The Balaban J connectivity index is 2.25. The summed E-state index contributed by atoms with van der Waals surface area (Å²) in [5, 5.41) is 1.10. The summed E-state index contributed by atoms with van der Waals surface area (Å²) in [7, 11) is 0. The van der Waals surface area contributed by atoms with Crippen LogP contribution in [0.15, 0.2) is 34.9 Å². The Morgan fingerprint density at radius 2 is 2.21 bits per heavy atom. The minimum absolute atomic E-state index is 0.0856. The molecule has 0 aliphatic carbocycles. The van der Waals surface area contributed by atoms with Crippen molar-refractivity contribution < 1.29 is 8.81 Å². The Bertz CT molecular complexity index is 419. The number of alkyl halides is 1. The summed E-state index contributed by atoms with van der Waals surface area (Å²) in [6.07, 6.45) is 2.44. The second-order valence-electron chi connectivity index (χ2n) is 3.76. The van der Waals surface area contributed by atoms with Crippen LogP contribution in [0, 0.1) is 5.92 Å². The van der Waals surface area contributed by atoms with Gasteiger partial charge in [-0.3, -0.25) is 4.39 Å². The average molecular weight is 192 g/mol. The quantitative estimate of drug-likeness (QED) is 0.724. The molecule has 0 spiro atoms. The average Bonchev–Trinajstić information content (AvgIpc) is 2.64. The number of halogens is 1. The monoisotopic (exact) mass is 192 g/mol. The van der Waals surface area contributed by atoms with Crippen LogP contribution in [-0.2, 0) is 6.42 Å². The lowest BCUT2D eigenvalue weighted by Crippen LogP contribution is -2.01. The van der Waals surface area contributed by atoms with Gasteiger partial charge in [0.2, 0.25) is 0 Å². The van der Waals surface area contributed by atoms with Crippen LogP contribution in [0.4, 0.5) is 4.39 Å². The molecule has 74 valence electrons. The van der Waals surface area contributed by atoms with Crippen molar-refractivity contribution in [2.45, 2.75) is 13.3 Å². The van der Waals surface area contributed by atoms with Crippen molar-refractivity contribution in [3.63, 3.8) is 0 Å². The summed E-state index contributed by atoms with van der Waals surface area (Å²) < 4.78 is 17.6. The van der Waals surface area contributed by atoms with Crippen LogP contribution >= 0.6 is 0 Å². The largest absolute Gasteiger partial charge is 0.464 e. The van der Waals surface area contributed by atoms with Crippen molar-refractivity contribution in [1.29, 1.82) is 0 Å². The van der Waals surface area contributed by atoms with Gasteiger partial charge in [0.15, 0.2) is 0 Å². The van der Waals surface area contributed by atoms with Gasteiger partial charge in [-0.05, 0) is 30.0 Å². The Kier molecular flexibility index (Phi) is 2.53. The predicted octanol–water partition coefficient (Wildman–Crippen LogP) is 3.58. The lowest BCUT2D eigenvalue weighted by Gasteiger charge is -2.05. The van der Waals surface area contributed by atoms with E-state index >= 15 is 0 Å². The molecule has 1 heterocycles. The number of hydrogen-bond acceptors (Lipinski definition) is 1. The summed E-state index contributed by atoms with van der Waals surface area (Å²) in [6, 6.07) is 7.96. The molecular weight excluding hydrogens is 179 g/mol. The molecule has 1 atom stereocenters. The molecule has 1 aromatic heterocycles. The zero-order valence-electron chi connectivity index (χ0n) is 8.16. The zero-order valence-corrected chi connectivity index (χ0v) is 8.16. The first-order chi connectivity index (χ1) is 6.79. The van der Waals surface area contributed by atoms with Gasteiger partial charge in [-0.2, -0.15) is 0 Å². The van der Waals surface area contributed by atoms with Crippen LogP contribution in [0.5, 0.6) is 0 Å². The standard InChI is InChI=1S/C12H13FO/c1-9(8-13)6-10-2-3-11-4-5-14-12(11)7-10/h2-5,7,9H,6,8H2,1H3. The Hall–Kier alpha value is -1.31. The number of fused-ring (bicyclic) bond motifs is 1. The number of benzene rings is 1. The number of hydrogen-bond donors (Lipinski definition) is 0. The van der Waals surface area contributed by atoms with E-state index in [1.807, 2.05) is 31.2 Å². The molecule has 0 radical (unpaired) electrons. The molecule has 2 rings (SSSR count). The van der Waals surface area contributed by atoms with Crippen molar-refractivity contribution in [1.82, 2.24) is 0 Å². The van der Waals surface area contributed by atoms with E-state index in [0.29, 0.717) is 0 Å². The lowest BCUT2D eigenvalue weighted by atomic mass is 10.0. The molecule has 2 heteroatoms. The molecule has 1 aromatic carbocycles. The SMILES string of the molecule is CC(CF)Cc1ccc2ccoc2c1. The summed E-state index contributed by atoms with van der Waals surface area (Å²) >= 11 is 0. The fourth-order valence-corrected chi connectivity index (χ4v) is 1.58. The fraction of sp³-hybridized carbons (Fsp3) is 0.333. The first-order valence-electron chi connectivity index (χ1n) is 4.81. The predicted molar refractivity (Wildman–Crippen MR) is 55.1 cm³/mol. The molecule has 0 aliphatic heterocycles. The summed E-state index contributed by atoms with van der Waals surface area (Å²) in [5.41, 5.74) is 2.02. The molecule has 2 aromatic rings. The third kappa shape index (κ3) is 1.79. The van der Waals surface area contributed by atoms with Gasteiger partial charge >= 0.3 is 0 Å². The van der Waals surface area contributed by atoms with E-state index in [0.717, 1.165) is 23.0 Å². The molecule has 1 unspecified atom stereocenters. The van der Waals surface area contributed by atoms with Gasteiger partial charge in [-0.1, -0.05) is 19.1 Å². The molecular formula is C12H13FO. The Labute approximate surface area is 82.5 Å². The number of furan rings is 1. The first kappa shape index (κ1) is 9.25. The van der Waals surface area contributed by atoms with E-state index in [1.165, 1.54) is 0 Å². The van der Waals surface area contributed by atoms with E-state index in [2.05, 4.69) is 0 Å². The zero-order chi connectivity index (χ0) is 9.97. The van der Waals surface area contributed by atoms with E-state index < -0.39 is 0 Å². The van der Waals surface area contributed by atoms with Gasteiger partial charge in [0.05, 0.1) is 12.9 Å². The first-order valence-corrected chi connectivity index (χ1v) is 4.81. The van der Waals surface area contributed by atoms with Crippen molar-refractivity contribution in [3.8, 4) is 0 Å². The molecule has 0 saturated carbocycles. The highest BCUT2D eigenvalue weighted by atomic mass is 19.1. The summed E-state index contributed by atoms with van der Waals surface area (Å²) in [6.45, 7) is 1.64. The lowest BCUT2D eigenvalue weighted by molar-refractivity contribution is 0.381. The fourth-order valence-electron chi connectivity index (χ4n) is 1.58. The van der Waals surface area contributed by atoms with Crippen LogP contribution in [0.25, 0.3) is 11.0 Å². The van der Waals surface area contributed by atoms with Gasteiger partial charge in [0.1, 0.15) is 5.58 Å². The topological polar surface area (TPSA) is 13.1 Å². The van der Waals surface area contributed by atoms with Gasteiger partial charge in [-0.25, -0.2) is 0 Å². The van der Waals surface area contributed by atoms with Crippen molar-refractivity contribution in [3.05, 3.63) is 36.1 Å². The summed E-state index contributed by atoms with van der Waals surface area (Å²) in [4.78, 5) is 0. The molecule has 0 saturated heterocycles. The van der Waals surface area contributed by atoms with Crippen LogP contribution in [0.3, 0.4) is 0 Å². The highest BCUT2D eigenvalue weighted by Crippen LogP contribution is 2.19. The molecule has 0 fully saturated rings. The second-order valence-corrected chi connectivity index (χ2v) is 3.76. The molecule has 0 aliphatic rings. The van der Waals surface area contributed by atoms with E-state index in [1.54, 1.807) is 6.26 Å². The minimum Gasteiger partial charge on any atom is -0.464 e. The van der Waals surface area contributed by atoms with Gasteiger partial charge in [0, 0.05) is 5.39 Å². The van der Waals surface area contributed by atoms with Crippen LogP contribution in [0.2, 0.25) is 0 Å². The van der Waals surface area contributed by atoms with Gasteiger partial charge in [0.25, 0.3) is 0 Å². The summed E-state index contributed by atoms with van der Waals surface area (Å²) in [5.74, 6) is 0.0856. The van der Waals surface area contributed by atoms with Gasteiger partial charge in [-0.15, -0.1) is 0 Å².